The van der Waals surface area contributed by atoms with Crippen LogP contribution in [0.4, 0.5) is 0 Å². The minimum absolute atomic E-state index is 0.241. The fourth-order valence-electron chi connectivity index (χ4n) is 18.3. The van der Waals surface area contributed by atoms with Crippen LogP contribution in [0, 0.1) is 0 Å². The first-order chi connectivity index (χ1) is 63.9. The van der Waals surface area contributed by atoms with Crippen molar-refractivity contribution in [3.05, 3.63) is 353 Å². The molecule has 0 saturated carbocycles. The largest absolute Gasteiger partial charge is 0.684 e. The Morgan fingerprint density at radius 2 is 0.250 bits per heavy atom. The topological polar surface area (TPSA) is 211 Å². The fraction of sp³-hybridized carbons (Fsp3) is 0. The molecule has 9 aromatic carbocycles. The lowest BCUT2D eigenvalue weighted by Gasteiger charge is -2.31. The van der Waals surface area contributed by atoms with Gasteiger partial charge in [-0.25, -0.2) is 29.9 Å². The molecular weight excluding hydrogens is 1930 g/mol. The van der Waals surface area contributed by atoms with Gasteiger partial charge in [0.05, 0.1) is 60.3 Å². The lowest BCUT2D eigenvalue weighted by atomic mass is 9.59. The SMILES string of the molecule is Clc1cc2c(cc1Cl)O[B-]1(O2)c2ccc(cc2)[B-]2(Oc3cc(Cl)c(Cl)cc3O2)[n+]2ccc(cc2)-c2nc3nc(n2)-c2cc[n+](cc2)[B-]2(Oc4cc(Cl)c(Cl)cc4O2)c2ccc(cc2)[B-]2(Oc4cc(Cl)c(Cl)cc4O2)[n+]2ccc(cc2)-c2nc(nc(n2)-c2cc[n+](cc2)[B-]2(Oc4cc(Cl)c(Cl)cc4O2)c2ccc(cc2)[B-]2(Oc4cc(Cl)c(Cl)cc4O2)[n+]2ccc-3cc2)-c2cc[n+]1cc2. The van der Waals surface area contributed by atoms with E-state index in [1.54, 1.807) is 72.8 Å². The highest BCUT2D eigenvalue weighted by Crippen LogP contribution is 2.50. The summed E-state index contributed by atoms with van der Waals surface area (Å²) >= 11 is 81.4. The number of hydrogen-bond donors (Lipinski definition) is 0. The summed E-state index contributed by atoms with van der Waals surface area (Å²) < 4.78 is 96.2. The van der Waals surface area contributed by atoms with Crippen LogP contribution in [0.5, 0.6) is 69.0 Å². The number of hydrogen-bond acceptors (Lipinski definition) is 18. The maximum atomic E-state index is 7.11. The average molecular weight is 1980 g/mol. The second-order valence-corrected chi connectivity index (χ2v) is 37.4. The number of halogens is 12. The number of pyridine rings is 6. The molecule has 0 aliphatic carbocycles. The summed E-state index contributed by atoms with van der Waals surface area (Å²) in [6.07, 6.45) is 21.8. The van der Waals surface area contributed by atoms with Gasteiger partial charge in [-0.2, -0.15) is 0 Å². The standard InChI is InChI=1S/C90H48B6Cl12N12O12/c97-61-37-73-74(38-62(61)98)122-91(121-73)55-1-2-56(4-3-55)92(123-75-39-63(99)64(100)40-76(75)124-92)116-27-15-50(16-28-116)86-111-89-53-21-33-119(34-22-53)95(129-81-45-69(105)70(106)46-82(81)130-95)59-9-5-57(6-10-59)93(125-77-41-65(101)66(102)42-78(77)126-93)117-29-17-51(18-30-117)87-109-85(49-13-25-115(91)26-14-49)110-88(113-87)52-19-31-118(32-20-52)94(127-79-43-67(103)68(104)44-80(79)128-94)58-7-11-60(12-8-58)96(120-35-23-54(24-36-120)90(112-86)114-89)131-83-47-71(107)72(108)48-84(83)132-96/h1-48H. The van der Waals surface area contributed by atoms with Crippen LogP contribution in [0.25, 0.3) is 68.3 Å². The molecule has 36 aliphatic rings. The molecule has 0 saturated heterocycles. The molecule has 0 N–H and O–H groups in total. The summed E-state index contributed by atoms with van der Waals surface area (Å²) in [6.45, 7) is -16.8. The zero-order valence-corrected chi connectivity index (χ0v) is 76.0. The highest BCUT2D eigenvalue weighted by molar-refractivity contribution is 6.80. The molecule has 8 aromatic heterocycles. The first-order valence-corrected chi connectivity index (χ1v) is 45.5. The third kappa shape index (κ3) is 12.7. The third-order valence-electron chi connectivity index (χ3n) is 25.0. The van der Waals surface area contributed by atoms with Crippen molar-refractivity contribution in [2.24, 2.45) is 0 Å². The van der Waals surface area contributed by atoms with Crippen molar-refractivity contribution in [3.8, 4) is 137 Å². The molecule has 132 heavy (non-hydrogen) atoms. The van der Waals surface area contributed by atoms with E-state index in [1.165, 1.54) is 0 Å². The summed E-state index contributed by atoms with van der Waals surface area (Å²) in [5.74, 6) is 5.42. The molecule has 36 aliphatic heterocycles. The Morgan fingerprint density at radius 3 is 0.348 bits per heavy atom. The van der Waals surface area contributed by atoms with E-state index in [9.17, 15) is 0 Å². The van der Waals surface area contributed by atoms with Crippen LogP contribution < -0.4 is 115 Å². The van der Waals surface area contributed by atoms with Crippen molar-refractivity contribution < 1.29 is 82.7 Å². The summed E-state index contributed by atoms with van der Waals surface area (Å²) in [7, 11) is 0. The van der Waals surface area contributed by atoms with Crippen LogP contribution in [0.15, 0.2) is 293 Å². The van der Waals surface area contributed by atoms with Crippen molar-refractivity contribution in [3.63, 3.8) is 0 Å². The van der Waals surface area contributed by atoms with Crippen LogP contribution in [-0.4, -0.2) is 70.0 Å². The highest BCUT2D eigenvalue weighted by atomic mass is 35.5. The second kappa shape index (κ2) is 29.9. The van der Waals surface area contributed by atoms with Crippen LogP contribution in [-0.2, 0) is 0 Å². The Kier molecular flexibility index (Phi) is 18.5. The molecule has 42 heteroatoms. The zero-order chi connectivity index (χ0) is 89.4. The molecule has 642 valence electrons. The lowest BCUT2D eigenvalue weighted by molar-refractivity contribution is -0.566. The Balaban J connectivity index is 0.731. The van der Waals surface area contributed by atoms with Crippen molar-refractivity contribution >= 4 is 212 Å². The summed E-state index contributed by atoms with van der Waals surface area (Å²) in [4.78, 5) is 31.8. The van der Waals surface area contributed by atoms with Crippen LogP contribution in [0.3, 0.4) is 0 Å². The normalized spacial score (nSPS) is 15.9. The maximum absolute atomic E-state index is 7.11. The molecule has 44 heterocycles. The van der Waals surface area contributed by atoms with E-state index in [2.05, 4.69) is 0 Å². The Bertz CT molecular complexity index is 6470. The van der Waals surface area contributed by atoms with Crippen molar-refractivity contribution in [1.29, 1.82) is 0 Å². The predicted octanol–water partition coefficient (Wildman–Crippen LogP) is 15.2. The molecule has 0 unspecified atom stereocenters. The smallest absolute Gasteiger partial charge is 0.616 e. The zero-order valence-electron chi connectivity index (χ0n) is 67.0. The van der Waals surface area contributed by atoms with Gasteiger partial charge in [-0.05, 0) is 106 Å². The quantitative estimate of drug-likeness (QED) is 0.129. The van der Waals surface area contributed by atoms with Gasteiger partial charge in [-0.1, -0.05) is 212 Å². The Labute approximate surface area is 808 Å². The van der Waals surface area contributed by atoms with Gasteiger partial charge in [0.1, 0.15) is 143 Å². The number of benzene rings is 9. The fourth-order valence-corrected chi connectivity index (χ4v) is 20.2. The van der Waals surface area contributed by atoms with E-state index in [-0.39, 0.29) is 95.2 Å². The minimum atomic E-state index is -2.80. The highest BCUT2D eigenvalue weighted by Gasteiger charge is 2.60. The molecule has 24 bridgehead atoms. The van der Waals surface area contributed by atoms with E-state index < -0.39 is 40.1 Å². The molecule has 17 aromatic rings. The van der Waals surface area contributed by atoms with E-state index in [0.29, 0.717) is 135 Å². The number of aromatic nitrogens is 12. The van der Waals surface area contributed by atoms with Crippen molar-refractivity contribution in [2.75, 3.05) is 0 Å². The van der Waals surface area contributed by atoms with Gasteiger partial charge in [0.25, 0.3) is 0 Å². The lowest BCUT2D eigenvalue weighted by Crippen LogP contribution is -2.79. The summed E-state index contributed by atoms with van der Waals surface area (Å²) in [5, 5.41) is 2.89. The Morgan fingerprint density at radius 1 is 0.152 bits per heavy atom. The van der Waals surface area contributed by atoms with Gasteiger partial charge in [0, 0.05) is 106 Å². The number of rotatable bonds is 0. The van der Waals surface area contributed by atoms with Crippen molar-refractivity contribution in [1.82, 2.24) is 29.9 Å². The third-order valence-corrected chi connectivity index (χ3v) is 29.3. The second-order valence-electron chi connectivity index (χ2n) is 32.5. The average Bonchev–Trinajstić information content (AvgIpc) is 1.56. The van der Waals surface area contributed by atoms with E-state index in [1.807, 2.05) is 247 Å². The first kappa shape index (κ1) is 81.4. The van der Waals surface area contributed by atoms with E-state index >= 15 is 0 Å². The van der Waals surface area contributed by atoms with Crippen molar-refractivity contribution in [2.45, 2.75) is 0 Å². The molecule has 6 spiro atoms. The maximum Gasteiger partial charge on any atom is 0.684 e. The molecule has 0 fully saturated rings. The van der Waals surface area contributed by atoms with Gasteiger partial charge in [-0.15, -0.1) is 0 Å². The van der Waals surface area contributed by atoms with Gasteiger partial charge in [0.15, 0.2) is 34.9 Å². The Hall–Kier alpha value is -12.6. The molecular formula is C90H48B6Cl12N12O12. The predicted molar refractivity (Wildman–Crippen MR) is 504 cm³/mol. The van der Waals surface area contributed by atoms with Gasteiger partial charge >= 0.3 is 40.1 Å². The van der Waals surface area contributed by atoms with Crippen LogP contribution in [0.2, 0.25) is 60.3 Å². The van der Waals surface area contributed by atoms with Crippen LogP contribution >= 0.6 is 139 Å². The van der Waals surface area contributed by atoms with Gasteiger partial charge in [-0.3, -0.25) is 0 Å². The molecule has 0 amide bonds. The van der Waals surface area contributed by atoms with Gasteiger partial charge < -0.3 is 82.7 Å². The number of fused-ring (bicyclic) bond motifs is 6. The molecule has 53 rings (SSSR count). The van der Waals surface area contributed by atoms with Crippen LogP contribution in [0.1, 0.15) is 0 Å². The molecule has 24 nitrogen and oxygen atoms in total. The first-order valence-electron chi connectivity index (χ1n) is 41.0. The summed E-state index contributed by atoms with van der Waals surface area (Å²) in [6, 6.07) is 64.1. The van der Waals surface area contributed by atoms with E-state index in [4.69, 9.17) is 225 Å². The molecule has 0 radical (unpaired) electrons. The monoisotopic (exact) mass is 1970 g/mol. The summed E-state index contributed by atoms with van der Waals surface area (Å²) in [5.41, 5.74) is 6.56. The van der Waals surface area contributed by atoms with Gasteiger partial charge in [0.2, 0.25) is 0 Å². The molecule has 0 atom stereocenters. The van der Waals surface area contributed by atoms with E-state index in [0.717, 1.165) is 0 Å². The number of nitrogens with zero attached hydrogens (tertiary/aromatic N) is 12. The minimum Gasteiger partial charge on any atom is -0.616 e.